The van der Waals surface area contributed by atoms with Crippen LogP contribution in [0.2, 0.25) is 0 Å². The lowest BCUT2D eigenvalue weighted by atomic mass is 10.0. The van der Waals surface area contributed by atoms with Gasteiger partial charge < -0.3 is 21.1 Å². The number of ether oxygens (including phenoxy) is 1. The number of aromatic nitrogens is 2. The molecule has 0 saturated heterocycles. The minimum Gasteiger partial charge on any atom is -0.495 e. The largest absolute Gasteiger partial charge is 0.495 e. The molecule has 0 aromatic carbocycles. The third-order valence-electron chi connectivity index (χ3n) is 3.99. The Labute approximate surface area is 154 Å². The van der Waals surface area contributed by atoms with Crippen LogP contribution in [0.15, 0.2) is 36.3 Å². The van der Waals surface area contributed by atoms with E-state index in [1.54, 1.807) is 19.3 Å². The molecule has 7 heteroatoms. The summed E-state index contributed by atoms with van der Waals surface area (Å²) in [4.78, 5) is 21.0. The molecule has 0 bridgehead atoms. The molecule has 1 aliphatic rings. The summed E-state index contributed by atoms with van der Waals surface area (Å²) < 4.78 is 5.30. The number of nitrogens with zero attached hydrogens (tertiary/aromatic N) is 2. The van der Waals surface area contributed by atoms with Crippen molar-refractivity contribution >= 4 is 11.7 Å². The van der Waals surface area contributed by atoms with Gasteiger partial charge in [0.05, 0.1) is 18.5 Å². The van der Waals surface area contributed by atoms with Gasteiger partial charge in [0.25, 0.3) is 5.91 Å². The zero-order chi connectivity index (χ0) is 19.1. The van der Waals surface area contributed by atoms with E-state index in [0.29, 0.717) is 23.9 Å². The maximum absolute atomic E-state index is 12.4. The van der Waals surface area contributed by atoms with Crippen LogP contribution in [0.3, 0.4) is 0 Å². The first-order valence-corrected chi connectivity index (χ1v) is 8.70. The zero-order valence-corrected chi connectivity index (χ0v) is 15.7. The fourth-order valence-corrected chi connectivity index (χ4v) is 2.46. The number of amides is 1. The second-order valence-electron chi connectivity index (χ2n) is 6.44. The van der Waals surface area contributed by atoms with Gasteiger partial charge in [0.2, 0.25) is 0 Å². The van der Waals surface area contributed by atoms with E-state index in [0.717, 1.165) is 5.70 Å². The van der Waals surface area contributed by atoms with Gasteiger partial charge in [-0.1, -0.05) is 32.1 Å². The highest BCUT2D eigenvalue weighted by molar-refractivity contribution is 5.96. The monoisotopic (exact) mass is 357 g/mol. The van der Waals surface area contributed by atoms with Crippen molar-refractivity contribution in [3.8, 4) is 0 Å². The number of rotatable bonds is 7. The number of anilines is 1. The van der Waals surface area contributed by atoms with Crippen molar-refractivity contribution in [2.75, 3.05) is 12.3 Å². The van der Waals surface area contributed by atoms with Crippen LogP contribution < -0.4 is 16.4 Å². The fraction of sp³-hybridized carbons (Fsp3) is 0.421. The van der Waals surface area contributed by atoms with Crippen LogP contribution in [0.4, 0.5) is 5.82 Å². The highest BCUT2D eigenvalue weighted by Crippen LogP contribution is 2.13. The van der Waals surface area contributed by atoms with Crippen molar-refractivity contribution in [3.63, 3.8) is 0 Å². The molecule has 1 aromatic heterocycles. The maximum atomic E-state index is 12.4. The van der Waals surface area contributed by atoms with Gasteiger partial charge >= 0.3 is 0 Å². The molecule has 26 heavy (non-hydrogen) atoms. The minimum atomic E-state index is -0.350. The molecular weight excluding hydrogens is 330 g/mol. The van der Waals surface area contributed by atoms with Crippen LogP contribution >= 0.6 is 0 Å². The van der Waals surface area contributed by atoms with E-state index in [1.807, 2.05) is 19.1 Å². The Bertz CT molecular complexity index is 738. The minimum absolute atomic E-state index is 0.0951. The number of dihydropyridines is 1. The van der Waals surface area contributed by atoms with Crippen LogP contribution in [0.1, 0.15) is 42.6 Å². The van der Waals surface area contributed by atoms with E-state index in [1.165, 1.54) is 0 Å². The summed E-state index contributed by atoms with van der Waals surface area (Å²) >= 11 is 0. The SMILES string of the molecule is C/C=C\OCc1nc(N)c(C(=O)NCC2=CC=CC(C(C)C)N2)nc1C. The van der Waals surface area contributed by atoms with Gasteiger partial charge in [-0.15, -0.1) is 0 Å². The number of hydrogen-bond donors (Lipinski definition) is 3. The molecular formula is C19H27N5O2. The standard InChI is InChI=1S/C19H27N5O2/c1-5-9-26-11-16-13(4)22-17(18(20)24-16)19(25)21-10-14-7-6-8-15(23-14)12(2)3/h5-9,12,15,23H,10-11H2,1-4H3,(H2,20,24)(H,21,25)/b9-5-. The number of aryl methyl sites for hydroxylation is 1. The molecule has 1 amide bonds. The molecule has 0 aliphatic carbocycles. The Kier molecular flexibility index (Phi) is 6.77. The number of nitrogen functional groups attached to an aromatic ring is 1. The Morgan fingerprint density at radius 2 is 2.23 bits per heavy atom. The Hall–Kier alpha value is -2.83. The van der Waals surface area contributed by atoms with Gasteiger partial charge in [0, 0.05) is 11.7 Å². The Morgan fingerprint density at radius 1 is 1.46 bits per heavy atom. The summed E-state index contributed by atoms with van der Waals surface area (Å²) in [6.07, 6.45) is 9.40. The summed E-state index contributed by atoms with van der Waals surface area (Å²) in [7, 11) is 0. The molecule has 1 unspecified atom stereocenters. The molecule has 1 atom stereocenters. The van der Waals surface area contributed by atoms with Crippen molar-refractivity contribution in [2.45, 2.75) is 40.3 Å². The van der Waals surface area contributed by atoms with E-state index in [-0.39, 0.29) is 30.1 Å². The molecule has 2 rings (SSSR count). The third kappa shape index (κ3) is 5.08. The van der Waals surface area contributed by atoms with Gasteiger partial charge in [-0.05, 0) is 25.8 Å². The molecule has 0 spiro atoms. The number of carbonyl (C=O) groups is 1. The summed E-state index contributed by atoms with van der Waals surface area (Å²) in [6.45, 7) is 8.55. The molecule has 1 aromatic rings. The molecule has 0 fully saturated rings. The van der Waals surface area contributed by atoms with E-state index >= 15 is 0 Å². The predicted molar refractivity (Wildman–Crippen MR) is 102 cm³/mol. The van der Waals surface area contributed by atoms with Crippen molar-refractivity contribution in [2.24, 2.45) is 5.92 Å². The van der Waals surface area contributed by atoms with Crippen LogP contribution in [0.25, 0.3) is 0 Å². The molecule has 140 valence electrons. The quantitative estimate of drug-likeness (QED) is 0.647. The molecule has 2 heterocycles. The lowest BCUT2D eigenvalue weighted by molar-refractivity contribution is 0.0951. The second-order valence-corrected chi connectivity index (χ2v) is 6.44. The zero-order valence-electron chi connectivity index (χ0n) is 15.7. The van der Waals surface area contributed by atoms with Crippen LogP contribution in [0.5, 0.6) is 0 Å². The number of nitrogens with two attached hydrogens (primary N) is 1. The average molecular weight is 357 g/mol. The lowest BCUT2D eigenvalue weighted by Crippen LogP contribution is -2.38. The summed E-state index contributed by atoms with van der Waals surface area (Å²) in [6, 6.07) is 0.260. The molecule has 7 nitrogen and oxygen atoms in total. The van der Waals surface area contributed by atoms with E-state index in [2.05, 4.69) is 40.5 Å². The molecule has 0 radical (unpaired) electrons. The van der Waals surface area contributed by atoms with Crippen molar-refractivity contribution < 1.29 is 9.53 Å². The van der Waals surface area contributed by atoms with E-state index in [9.17, 15) is 4.79 Å². The fourth-order valence-electron chi connectivity index (χ4n) is 2.46. The number of hydrogen-bond acceptors (Lipinski definition) is 6. The van der Waals surface area contributed by atoms with Crippen LogP contribution in [-0.4, -0.2) is 28.5 Å². The second kappa shape index (κ2) is 9.03. The number of allylic oxidation sites excluding steroid dienone is 3. The smallest absolute Gasteiger partial charge is 0.274 e. The van der Waals surface area contributed by atoms with Gasteiger partial charge in [-0.2, -0.15) is 0 Å². The normalized spacial score (nSPS) is 16.5. The van der Waals surface area contributed by atoms with Crippen LogP contribution in [-0.2, 0) is 11.3 Å². The lowest BCUT2D eigenvalue weighted by Gasteiger charge is -2.25. The first-order chi connectivity index (χ1) is 12.4. The Balaban J connectivity index is 2.00. The molecule has 4 N–H and O–H groups in total. The summed E-state index contributed by atoms with van der Waals surface area (Å²) in [5, 5.41) is 6.23. The van der Waals surface area contributed by atoms with Gasteiger partial charge in [0.1, 0.15) is 12.3 Å². The van der Waals surface area contributed by atoms with Gasteiger partial charge in [-0.25, -0.2) is 9.97 Å². The first kappa shape index (κ1) is 19.5. The highest BCUT2D eigenvalue weighted by atomic mass is 16.5. The van der Waals surface area contributed by atoms with Crippen molar-refractivity contribution in [3.05, 3.63) is 53.3 Å². The van der Waals surface area contributed by atoms with Crippen molar-refractivity contribution in [1.82, 2.24) is 20.6 Å². The van der Waals surface area contributed by atoms with Gasteiger partial charge in [-0.3, -0.25) is 4.79 Å². The summed E-state index contributed by atoms with van der Waals surface area (Å²) in [5.41, 5.74) is 8.22. The predicted octanol–water partition coefficient (Wildman–Crippen LogP) is 2.22. The highest BCUT2D eigenvalue weighted by Gasteiger charge is 2.18. The summed E-state index contributed by atoms with van der Waals surface area (Å²) in [5.74, 6) is 0.210. The number of carbonyl (C=O) groups excluding carboxylic acids is 1. The first-order valence-electron chi connectivity index (χ1n) is 8.70. The average Bonchev–Trinajstić information content (AvgIpc) is 2.62. The third-order valence-corrected chi connectivity index (χ3v) is 3.99. The number of nitrogens with one attached hydrogen (secondary N) is 2. The van der Waals surface area contributed by atoms with E-state index in [4.69, 9.17) is 10.5 Å². The van der Waals surface area contributed by atoms with Crippen molar-refractivity contribution in [1.29, 1.82) is 0 Å². The van der Waals surface area contributed by atoms with Crippen LogP contribution in [0, 0.1) is 12.8 Å². The molecule has 0 saturated carbocycles. The van der Waals surface area contributed by atoms with E-state index < -0.39 is 0 Å². The maximum Gasteiger partial charge on any atom is 0.274 e. The molecule has 1 aliphatic heterocycles. The van der Waals surface area contributed by atoms with Gasteiger partial charge in [0.15, 0.2) is 11.5 Å². The topological polar surface area (TPSA) is 102 Å². The Morgan fingerprint density at radius 3 is 2.92 bits per heavy atom.